The zero-order chi connectivity index (χ0) is 18.4. The van der Waals surface area contributed by atoms with E-state index in [4.69, 9.17) is 0 Å². The Morgan fingerprint density at radius 2 is 1.52 bits per heavy atom. The van der Waals surface area contributed by atoms with E-state index in [1.54, 1.807) is 0 Å². The molecule has 1 amide bonds. The van der Waals surface area contributed by atoms with E-state index >= 15 is 0 Å². The van der Waals surface area contributed by atoms with Gasteiger partial charge in [-0.1, -0.05) is 0 Å². The van der Waals surface area contributed by atoms with Gasteiger partial charge < -0.3 is 0 Å². The molecule has 1 aromatic carbocycles. The van der Waals surface area contributed by atoms with Crippen LogP contribution >= 0.6 is 0 Å². The van der Waals surface area contributed by atoms with E-state index in [1.165, 1.54) is 24.5 Å². The number of amides is 1. The monoisotopic (exact) mass is 353 g/mol. The van der Waals surface area contributed by atoms with Crippen LogP contribution in [0.4, 0.5) is 17.6 Å². The van der Waals surface area contributed by atoms with E-state index in [0.717, 1.165) is 24.3 Å². The average Bonchev–Trinajstić information content (AvgIpc) is 2.59. The van der Waals surface area contributed by atoms with Crippen molar-refractivity contribution in [2.45, 2.75) is 6.18 Å². The molecule has 0 saturated heterocycles. The minimum absolute atomic E-state index is 0.0778. The lowest BCUT2D eigenvalue weighted by Crippen LogP contribution is -2.37. The molecule has 0 spiro atoms. The number of nitrogens with one attached hydrogen (secondary N) is 2. The van der Waals surface area contributed by atoms with E-state index < -0.39 is 23.7 Å². The molecule has 0 bridgehead atoms. The van der Waals surface area contributed by atoms with Gasteiger partial charge in [0.25, 0.3) is 11.7 Å². The fourth-order valence-corrected chi connectivity index (χ4v) is 1.73. The molecule has 130 valence electrons. The second-order valence-electron chi connectivity index (χ2n) is 4.74. The first-order valence-electron chi connectivity index (χ1n) is 6.82. The number of benzene rings is 1. The molecule has 0 unspecified atom stereocenters. The summed E-state index contributed by atoms with van der Waals surface area (Å²) < 4.78 is 50.4. The number of rotatable bonds is 5. The van der Waals surface area contributed by atoms with Gasteiger partial charge in [0.05, 0.1) is 5.70 Å². The number of halogens is 4. The van der Waals surface area contributed by atoms with Crippen LogP contribution in [0.5, 0.6) is 0 Å². The first kappa shape index (κ1) is 18.1. The summed E-state index contributed by atoms with van der Waals surface area (Å²) in [6.07, 6.45) is -2.08. The Kier molecular flexibility index (Phi) is 5.48. The highest BCUT2D eigenvalue weighted by molar-refractivity contribution is 6.00. The van der Waals surface area contributed by atoms with Gasteiger partial charge in [-0.3, -0.25) is 25.4 Å². The highest BCUT2D eigenvalue weighted by Gasteiger charge is 2.37. The van der Waals surface area contributed by atoms with Gasteiger partial charge in [0.1, 0.15) is 5.82 Å². The second-order valence-corrected chi connectivity index (χ2v) is 4.74. The smallest absolute Gasteiger partial charge is 0.298 e. The molecule has 2 aromatic rings. The molecule has 0 radical (unpaired) electrons. The largest absolute Gasteiger partial charge is 0.454 e. The maximum Gasteiger partial charge on any atom is 0.454 e. The number of hydrazine groups is 1. The molecule has 0 atom stereocenters. The lowest BCUT2D eigenvalue weighted by molar-refractivity contribution is -0.165. The standard InChI is InChI=1S/C16H11F4N3O2/c17-12-3-1-10(2-4-12)13(9-14(24)16(18,19)20)22-23-15(25)11-5-7-21-8-6-11/h1-9,22H,(H,23,25)/b13-9-. The summed E-state index contributed by atoms with van der Waals surface area (Å²) in [5.41, 5.74) is 4.36. The number of hydrogen-bond acceptors (Lipinski definition) is 4. The quantitative estimate of drug-likeness (QED) is 0.493. The van der Waals surface area contributed by atoms with Crippen molar-refractivity contribution in [3.05, 3.63) is 71.8 Å². The third-order valence-corrected chi connectivity index (χ3v) is 2.96. The van der Waals surface area contributed by atoms with Gasteiger partial charge >= 0.3 is 6.18 Å². The summed E-state index contributed by atoms with van der Waals surface area (Å²) in [7, 11) is 0. The van der Waals surface area contributed by atoms with E-state index in [0.29, 0.717) is 0 Å². The number of carbonyl (C=O) groups excluding carboxylic acids is 2. The number of alkyl halides is 3. The van der Waals surface area contributed by atoms with Gasteiger partial charge in [0.2, 0.25) is 0 Å². The zero-order valence-electron chi connectivity index (χ0n) is 12.5. The Labute approximate surface area is 139 Å². The molecule has 0 aliphatic rings. The minimum atomic E-state index is -5.08. The van der Waals surface area contributed by atoms with Gasteiger partial charge in [-0.15, -0.1) is 0 Å². The van der Waals surface area contributed by atoms with Crippen molar-refractivity contribution < 1.29 is 27.2 Å². The van der Waals surface area contributed by atoms with Crippen molar-refractivity contribution in [1.82, 2.24) is 15.8 Å². The molecule has 2 rings (SSSR count). The molecule has 2 N–H and O–H groups in total. The summed E-state index contributed by atoms with van der Waals surface area (Å²) in [4.78, 5) is 26.8. The number of allylic oxidation sites excluding steroid dienone is 1. The Morgan fingerprint density at radius 1 is 0.920 bits per heavy atom. The molecule has 1 heterocycles. The summed E-state index contributed by atoms with van der Waals surface area (Å²) in [5, 5.41) is 0. The molecule has 25 heavy (non-hydrogen) atoms. The van der Waals surface area contributed by atoms with Crippen LogP contribution in [0.1, 0.15) is 15.9 Å². The van der Waals surface area contributed by atoms with E-state index in [-0.39, 0.29) is 22.9 Å². The van der Waals surface area contributed by atoms with Crippen molar-refractivity contribution in [2.24, 2.45) is 0 Å². The fourth-order valence-electron chi connectivity index (χ4n) is 1.73. The maximum absolute atomic E-state index is 13.0. The Hall–Kier alpha value is -3.23. The van der Waals surface area contributed by atoms with Crippen molar-refractivity contribution in [1.29, 1.82) is 0 Å². The van der Waals surface area contributed by atoms with Crippen LogP contribution in [-0.2, 0) is 4.79 Å². The number of nitrogens with zero attached hydrogens (tertiary/aromatic N) is 1. The summed E-state index contributed by atoms with van der Waals surface area (Å²) in [6, 6.07) is 7.12. The van der Waals surface area contributed by atoms with Gasteiger partial charge in [0, 0.05) is 24.0 Å². The molecule has 1 aromatic heterocycles. The summed E-state index contributed by atoms with van der Waals surface area (Å²) >= 11 is 0. The summed E-state index contributed by atoms with van der Waals surface area (Å²) in [5.74, 6) is -3.39. The number of hydrogen-bond donors (Lipinski definition) is 2. The van der Waals surface area contributed by atoms with Crippen molar-refractivity contribution in [3.63, 3.8) is 0 Å². The lowest BCUT2D eigenvalue weighted by atomic mass is 10.1. The van der Waals surface area contributed by atoms with Crippen molar-refractivity contribution in [3.8, 4) is 0 Å². The van der Waals surface area contributed by atoms with E-state index in [9.17, 15) is 27.2 Å². The van der Waals surface area contributed by atoms with E-state index in [1.807, 2.05) is 0 Å². The Bertz CT molecular complexity index is 787. The topological polar surface area (TPSA) is 71.1 Å². The first-order valence-corrected chi connectivity index (χ1v) is 6.82. The molecule has 0 fully saturated rings. The van der Waals surface area contributed by atoms with Gasteiger partial charge in [-0.25, -0.2) is 4.39 Å². The number of carbonyl (C=O) groups is 2. The Morgan fingerprint density at radius 3 is 2.08 bits per heavy atom. The molecule has 5 nitrogen and oxygen atoms in total. The van der Waals surface area contributed by atoms with Gasteiger partial charge in [-0.2, -0.15) is 13.2 Å². The zero-order valence-corrected chi connectivity index (χ0v) is 12.5. The van der Waals surface area contributed by atoms with Crippen LogP contribution in [0, 0.1) is 5.82 Å². The molecule has 0 aliphatic carbocycles. The van der Waals surface area contributed by atoms with E-state index in [2.05, 4.69) is 15.8 Å². The highest BCUT2D eigenvalue weighted by Crippen LogP contribution is 2.20. The summed E-state index contributed by atoms with van der Waals surface area (Å²) in [6.45, 7) is 0. The molecule has 0 saturated carbocycles. The maximum atomic E-state index is 13.0. The van der Waals surface area contributed by atoms with Crippen molar-refractivity contribution in [2.75, 3.05) is 0 Å². The highest BCUT2D eigenvalue weighted by atomic mass is 19.4. The molecular weight excluding hydrogens is 342 g/mol. The fraction of sp³-hybridized carbons (Fsp3) is 0.0625. The number of ketones is 1. The lowest BCUT2D eigenvalue weighted by Gasteiger charge is -2.13. The number of aromatic nitrogens is 1. The first-order chi connectivity index (χ1) is 11.8. The van der Waals surface area contributed by atoms with Gasteiger partial charge in [0.15, 0.2) is 0 Å². The van der Waals surface area contributed by atoms with Crippen LogP contribution in [0.25, 0.3) is 5.70 Å². The van der Waals surface area contributed by atoms with Crippen LogP contribution in [0.3, 0.4) is 0 Å². The van der Waals surface area contributed by atoms with Crippen molar-refractivity contribution >= 4 is 17.4 Å². The number of pyridine rings is 1. The van der Waals surface area contributed by atoms with Crippen LogP contribution in [-0.4, -0.2) is 22.9 Å². The third-order valence-electron chi connectivity index (χ3n) is 2.96. The Balaban J connectivity index is 2.23. The predicted octanol–water partition coefficient (Wildman–Crippen LogP) is 2.63. The normalized spacial score (nSPS) is 11.8. The van der Waals surface area contributed by atoms with Gasteiger partial charge in [-0.05, 0) is 42.0 Å². The average molecular weight is 353 g/mol. The third kappa shape index (κ3) is 5.13. The van der Waals surface area contributed by atoms with Crippen LogP contribution in [0.2, 0.25) is 0 Å². The molecule has 9 heteroatoms. The molecule has 0 aliphatic heterocycles. The second kappa shape index (κ2) is 7.56. The predicted molar refractivity (Wildman–Crippen MR) is 80.3 cm³/mol. The SMILES string of the molecule is O=C(NN/C(=C\C(=O)C(F)(F)F)c1ccc(F)cc1)c1ccncc1. The van der Waals surface area contributed by atoms with Crippen LogP contribution in [0.15, 0.2) is 54.9 Å². The molecular formula is C16H11F4N3O2. The minimum Gasteiger partial charge on any atom is -0.298 e. The van der Waals surface area contributed by atoms with Crippen LogP contribution < -0.4 is 10.9 Å².